The molecule has 0 bridgehead atoms. The second-order valence-electron chi connectivity index (χ2n) is 3.50. The standard InChI is InChI=1S/C12H15NO3S/c1-3-17(15,16)13-12-7-6-10(2)11(9-12)5-4-8-14/h6-7,9,13-14H,3,8H2,1-2H3. The zero-order valence-corrected chi connectivity index (χ0v) is 10.6. The summed E-state index contributed by atoms with van der Waals surface area (Å²) < 4.78 is 25.2. The lowest BCUT2D eigenvalue weighted by Crippen LogP contribution is -2.14. The van der Waals surface area contributed by atoms with Crippen LogP contribution in [0.2, 0.25) is 0 Å². The van der Waals surface area contributed by atoms with Crippen molar-refractivity contribution in [1.29, 1.82) is 0 Å². The number of nitrogens with one attached hydrogen (secondary N) is 1. The van der Waals surface area contributed by atoms with Crippen molar-refractivity contribution < 1.29 is 13.5 Å². The quantitative estimate of drug-likeness (QED) is 0.793. The maximum Gasteiger partial charge on any atom is 0.232 e. The van der Waals surface area contributed by atoms with Gasteiger partial charge in [-0.1, -0.05) is 17.9 Å². The van der Waals surface area contributed by atoms with E-state index in [1.807, 2.05) is 6.92 Å². The van der Waals surface area contributed by atoms with Crippen molar-refractivity contribution in [2.75, 3.05) is 17.1 Å². The Kier molecular flexibility index (Phi) is 4.55. The topological polar surface area (TPSA) is 66.4 Å². The summed E-state index contributed by atoms with van der Waals surface area (Å²) in [5.74, 6) is 5.34. The zero-order valence-electron chi connectivity index (χ0n) is 9.82. The number of hydrogen-bond acceptors (Lipinski definition) is 3. The summed E-state index contributed by atoms with van der Waals surface area (Å²) in [4.78, 5) is 0. The predicted octanol–water partition coefficient (Wildman–Crippen LogP) is 1.10. The molecule has 1 aromatic rings. The van der Waals surface area contributed by atoms with Crippen molar-refractivity contribution in [3.05, 3.63) is 29.3 Å². The van der Waals surface area contributed by atoms with Gasteiger partial charge in [0, 0.05) is 11.3 Å². The van der Waals surface area contributed by atoms with Crippen LogP contribution >= 0.6 is 0 Å². The van der Waals surface area contributed by atoms with Crippen LogP contribution in [-0.2, 0) is 10.0 Å². The SMILES string of the molecule is CCS(=O)(=O)Nc1ccc(C)c(C#CCO)c1. The molecule has 0 spiro atoms. The molecule has 0 amide bonds. The third-order valence-electron chi connectivity index (χ3n) is 2.19. The van der Waals surface area contributed by atoms with E-state index in [-0.39, 0.29) is 12.4 Å². The van der Waals surface area contributed by atoms with E-state index in [4.69, 9.17) is 5.11 Å². The highest BCUT2D eigenvalue weighted by Crippen LogP contribution is 2.15. The number of rotatable bonds is 3. The van der Waals surface area contributed by atoms with Crippen LogP contribution in [0.25, 0.3) is 0 Å². The van der Waals surface area contributed by atoms with Crippen LogP contribution in [0.1, 0.15) is 18.1 Å². The first-order valence-corrected chi connectivity index (χ1v) is 6.84. The van der Waals surface area contributed by atoms with E-state index in [9.17, 15) is 8.42 Å². The van der Waals surface area contributed by atoms with Gasteiger partial charge in [0.1, 0.15) is 6.61 Å². The van der Waals surface area contributed by atoms with Gasteiger partial charge in [-0.2, -0.15) is 0 Å². The summed E-state index contributed by atoms with van der Waals surface area (Å²) in [6.45, 7) is 3.23. The normalized spacial score (nSPS) is 10.5. The molecule has 0 saturated carbocycles. The minimum absolute atomic E-state index is 0.0263. The predicted molar refractivity (Wildman–Crippen MR) is 68.2 cm³/mol. The lowest BCUT2D eigenvalue weighted by molar-refractivity contribution is 0.350. The molecule has 0 atom stereocenters. The second-order valence-corrected chi connectivity index (χ2v) is 5.51. The number of anilines is 1. The van der Waals surface area contributed by atoms with E-state index in [1.54, 1.807) is 25.1 Å². The van der Waals surface area contributed by atoms with E-state index < -0.39 is 10.0 Å². The van der Waals surface area contributed by atoms with Crippen LogP contribution in [0.3, 0.4) is 0 Å². The van der Waals surface area contributed by atoms with Gasteiger partial charge in [-0.15, -0.1) is 0 Å². The highest BCUT2D eigenvalue weighted by molar-refractivity contribution is 7.92. The molecule has 0 aliphatic carbocycles. The molecule has 0 aliphatic rings. The second kappa shape index (κ2) is 5.71. The zero-order chi connectivity index (χ0) is 12.9. The number of aliphatic hydroxyl groups excluding tert-OH is 1. The first kappa shape index (κ1) is 13.6. The third kappa shape index (κ3) is 4.10. The molecular formula is C12H15NO3S. The van der Waals surface area contributed by atoms with Crippen LogP contribution in [0.4, 0.5) is 5.69 Å². The van der Waals surface area contributed by atoms with Crippen molar-refractivity contribution in [3.63, 3.8) is 0 Å². The molecule has 0 radical (unpaired) electrons. The van der Waals surface area contributed by atoms with Crippen molar-refractivity contribution in [2.45, 2.75) is 13.8 Å². The van der Waals surface area contributed by atoms with Gasteiger partial charge in [0.05, 0.1) is 5.75 Å². The fraction of sp³-hybridized carbons (Fsp3) is 0.333. The van der Waals surface area contributed by atoms with Crippen LogP contribution < -0.4 is 4.72 Å². The molecule has 0 aromatic heterocycles. The molecule has 1 rings (SSSR count). The summed E-state index contributed by atoms with van der Waals surface area (Å²) in [5.41, 5.74) is 2.13. The van der Waals surface area contributed by atoms with E-state index in [1.165, 1.54) is 0 Å². The Bertz CT molecular complexity index is 553. The Labute approximate surface area is 102 Å². The minimum atomic E-state index is -3.27. The van der Waals surface area contributed by atoms with E-state index >= 15 is 0 Å². The Morgan fingerprint density at radius 3 is 2.71 bits per heavy atom. The van der Waals surface area contributed by atoms with Crippen LogP contribution in [-0.4, -0.2) is 25.9 Å². The van der Waals surface area contributed by atoms with Gasteiger partial charge in [-0.25, -0.2) is 8.42 Å². The Hall–Kier alpha value is -1.51. The smallest absolute Gasteiger partial charge is 0.232 e. The summed E-state index contributed by atoms with van der Waals surface area (Å²) in [7, 11) is -3.27. The highest BCUT2D eigenvalue weighted by atomic mass is 32.2. The Morgan fingerprint density at radius 1 is 1.41 bits per heavy atom. The van der Waals surface area contributed by atoms with E-state index in [0.29, 0.717) is 11.3 Å². The molecule has 92 valence electrons. The van der Waals surface area contributed by atoms with Gasteiger partial charge < -0.3 is 5.11 Å². The van der Waals surface area contributed by atoms with Crippen molar-refractivity contribution in [1.82, 2.24) is 0 Å². The van der Waals surface area contributed by atoms with Gasteiger partial charge in [-0.3, -0.25) is 4.72 Å². The van der Waals surface area contributed by atoms with Crippen molar-refractivity contribution in [2.24, 2.45) is 0 Å². The molecule has 0 saturated heterocycles. The number of benzene rings is 1. The molecule has 17 heavy (non-hydrogen) atoms. The van der Waals surface area contributed by atoms with Gasteiger partial charge in [0.15, 0.2) is 0 Å². The molecular weight excluding hydrogens is 238 g/mol. The Morgan fingerprint density at radius 2 is 2.12 bits per heavy atom. The number of aliphatic hydroxyl groups is 1. The first-order valence-electron chi connectivity index (χ1n) is 5.19. The largest absolute Gasteiger partial charge is 0.384 e. The molecule has 2 N–H and O–H groups in total. The van der Waals surface area contributed by atoms with E-state index in [0.717, 1.165) is 5.56 Å². The van der Waals surface area contributed by atoms with E-state index in [2.05, 4.69) is 16.6 Å². The maximum atomic E-state index is 11.4. The summed E-state index contributed by atoms with van der Waals surface area (Å²) in [6, 6.07) is 5.13. The lowest BCUT2D eigenvalue weighted by Gasteiger charge is -2.07. The van der Waals surface area contributed by atoms with Crippen molar-refractivity contribution >= 4 is 15.7 Å². The molecule has 0 aliphatic heterocycles. The highest BCUT2D eigenvalue weighted by Gasteiger charge is 2.07. The number of aryl methyl sites for hydroxylation is 1. The van der Waals surface area contributed by atoms with Gasteiger partial charge in [-0.05, 0) is 31.5 Å². The molecule has 1 aromatic carbocycles. The first-order chi connectivity index (χ1) is 7.98. The molecule has 0 unspecified atom stereocenters. The van der Waals surface area contributed by atoms with Gasteiger partial charge in [0.25, 0.3) is 0 Å². The fourth-order valence-electron chi connectivity index (χ4n) is 1.21. The lowest BCUT2D eigenvalue weighted by atomic mass is 10.1. The van der Waals surface area contributed by atoms with Gasteiger partial charge >= 0.3 is 0 Å². The maximum absolute atomic E-state index is 11.4. The monoisotopic (exact) mass is 253 g/mol. The number of hydrogen-bond donors (Lipinski definition) is 2. The average Bonchev–Trinajstić information content (AvgIpc) is 2.29. The molecule has 5 heteroatoms. The van der Waals surface area contributed by atoms with Crippen LogP contribution in [0.15, 0.2) is 18.2 Å². The van der Waals surface area contributed by atoms with Crippen LogP contribution in [0, 0.1) is 18.8 Å². The number of sulfonamides is 1. The fourth-order valence-corrected chi connectivity index (χ4v) is 1.84. The van der Waals surface area contributed by atoms with Crippen LogP contribution in [0.5, 0.6) is 0 Å². The average molecular weight is 253 g/mol. The Balaban J connectivity index is 3.05. The minimum Gasteiger partial charge on any atom is -0.384 e. The van der Waals surface area contributed by atoms with Gasteiger partial charge in [0.2, 0.25) is 10.0 Å². The third-order valence-corrected chi connectivity index (χ3v) is 3.50. The molecule has 4 nitrogen and oxygen atoms in total. The molecule has 0 fully saturated rings. The molecule has 0 heterocycles. The summed E-state index contributed by atoms with van der Waals surface area (Å²) in [6.07, 6.45) is 0. The van der Waals surface area contributed by atoms with Crippen molar-refractivity contribution in [3.8, 4) is 11.8 Å². The summed E-state index contributed by atoms with van der Waals surface area (Å²) in [5, 5.41) is 8.63. The summed E-state index contributed by atoms with van der Waals surface area (Å²) >= 11 is 0.